The lowest BCUT2D eigenvalue weighted by Crippen LogP contribution is -2.71. The molecule has 0 aliphatic heterocycles. The van der Waals surface area contributed by atoms with E-state index < -0.39 is 146 Å². The van der Waals surface area contributed by atoms with Crippen molar-refractivity contribution in [2.45, 2.75) is 190 Å². The van der Waals surface area contributed by atoms with Crippen LogP contribution in [0.25, 0.3) is 0 Å². The maximum absolute atomic E-state index is 14.8. The van der Waals surface area contributed by atoms with Gasteiger partial charge in [-0.2, -0.15) is 96.6 Å². The van der Waals surface area contributed by atoms with Crippen LogP contribution < -0.4 is 0 Å². The molecule has 0 fully saturated rings. The highest BCUT2D eigenvalue weighted by Gasteiger charge is 2.90. The molecule has 59 heavy (non-hydrogen) atoms. The van der Waals surface area contributed by atoms with E-state index in [2.05, 4.69) is 4.74 Å². The highest BCUT2D eigenvalue weighted by Crippen LogP contribution is 2.63. The zero-order valence-corrected chi connectivity index (χ0v) is 32.4. The first-order valence-corrected chi connectivity index (χ1v) is 17.7. The number of unbranched alkanes of at least 4 members (excludes halogenated alkanes) is 4. The molecule has 0 amide bonds. The molecule has 0 aliphatic rings. The van der Waals surface area contributed by atoms with Crippen LogP contribution in [0.3, 0.4) is 0 Å². The average Bonchev–Trinajstić information content (AvgIpc) is 3.00. The van der Waals surface area contributed by atoms with Crippen molar-refractivity contribution in [3.05, 3.63) is 0 Å². The molecule has 0 saturated heterocycles. The lowest BCUT2D eigenvalue weighted by molar-refractivity contribution is -0.417. The van der Waals surface area contributed by atoms with E-state index in [0.29, 0.717) is 0 Å². The molecule has 25 heteroatoms. The number of hydrogen-bond acceptors (Lipinski definition) is 1. The molecule has 0 rings (SSSR count). The van der Waals surface area contributed by atoms with Gasteiger partial charge < -0.3 is 4.74 Å². The lowest BCUT2D eigenvalue weighted by atomic mass is 9.82. The van der Waals surface area contributed by atoms with Crippen molar-refractivity contribution in [1.82, 2.24) is 0 Å². The number of ether oxygens (including phenoxy) is 1. The zero-order chi connectivity index (χ0) is 47.6. The molecular formula is C34H46F24O. The van der Waals surface area contributed by atoms with Gasteiger partial charge in [-0.25, -0.2) is 8.78 Å². The zero-order valence-electron chi connectivity index (χ0n) is 32.4. The molecule has 2 unspecified atom stereocenters. The number of hydrogen-bond donors (Lipinski definition) is 0. The summed E-state index contributed by atoms with van der Waals surface area (Å²) < 4.78 is 345. The van der Waals surface area contributed by atoms with Crippen LogP contribution in [0.2, 0.25) is 0 Å². The fraction of sp³-hybridized carbons (Fsp3) is 1.00. The maximum Gasteiger partial charge on any atom is 0.428 e. The van der Waals surface area contributed by atoms with Crippen LogP contribution in [0.1, 0.15) is 119 Å². The normalized spacial score (nSPS) is 17.6. The Hall–Kier alpha value is -1.72. The first-order valence-electron chi connectivity index (χ1n) is 17.7. The standard InChI is InChI=1S/C34H46F24O/c1-21(2,3)13-9-7-11-15-23(35,33(53,54)55)27(41,42)31(49,50)29(45,46)25(37,38)17-19-59-20-18-26(39,40)30(47,48)32(51,52)28(43,44)24(36,34(56,57)58)16-12-8-10-14-22(4,5)6/h7-20H2,1-6H3. The molecule has 0 heterocycles. The Morgan fingerprint density at radius 1 is 0.271 bits per heavy atom. The SMILES string of the molecule is CC(C)(C)CCCCCC(F)(C(F)(F)F)C(F)(F)C(F)(F)C(F)(F)C(F)(F)CCOCCC(F)(F)C(F)(F)C(F)(F)C(F)(F)C(F)(CCCCCC(C)(C)C)C(F)(F)F. The second-order valence-corrected chi connectivity index (χ2v) is 16.8. The van der Waals surface area contributed by atoms with Gasteiger partial charge in [0, 0.05) is 12.8 Å². The Balaban J connectivity index is 6.09. The summed E-state index contributed by atoms with van der Waals surface area (Å²) in [6.45, 7) is 4.75. The van der Waals surface area contributed by atoms with Crippen molar-refractivity contribution < 1.29 is 110 Å². The van der Waals surface area contributed by atoms with Crippen molar-refractivity contribution in [1.29, 1.82) is 0 Å². The van der Waals surface area contributed by atoms with E-state index in [-0.39, 0.29) is 25.7 Å². The summed E-state index contributed by atoms with van der Waals surface area (Å²) in [6.07, 6.45) is -29.2. The van der Waals surface area contributed by atoms with Gasteiger partial charge in [-0.1, -0.05) is 67.2 Å². The Kier molecular flexibility index (Phi) is 17.6. The van der Waals surface area contributed by atoms with Gasteiger partial charge >= 0.3 is 59.7 Å². The number of halogens is 24. The average molecular weight is 927 g/mol. The van der Waals surface area contributed by atoms with Crippen molar-refractivity contribution in [3.8, 4) is 0 Å². The Morgan fingerprint density at radius 3 is 0.729 bits per heavy atom. The molecule has 0 aromatic heterocycles. The summed E-state index contributed by atoms with van der Waals surface area (Å²) in [5, 5.41) is 0. The Morgan fingerprint density at radius 2 is 0.508 bits per heavy atom. The summed E-state index contributed by atoms with van der Waals surface area (Å²) in [5.74, 6) is -59.9. The summed E-state index contributed by atoms with van der Waals surface area (Å²) in [6, 6.07) is 0. The molecule has 356 valence electrons. The highest BCUT2D eigenvalue weighted by atomic mass is 19.4. The Bertz CT molecular complexity index is 1210. The maximum atomic E-state index is 14.8. The number of rotatable bonds is 24. The van der Waals surface area contributed by atoms with Gasteiger partial charge in [-0.05, 0) is 49.4 Å². The summed E-state index contributed by atoms with van der Waals surface area (Å²) >= 11 is 0. The van der Waals surface area contributed by atoms with E-state index in [9.17, 15) is 105 Å². The monoisotopic (exact) mass is 926 g/mol. The van der Waals surface area contributed by atoms with Gasteiger partial charge in [-0.3, -0.25) is 0 Å². The molecule has 0 radical (unpaired) electrons. The van der Waals surface area contributed by atoms with Gasteiger partial charge in [0.05, 0.1) is 13.2 Å². The molecule has 0 aromatic carbocycles. The fourth-order valence-electron chi connectivity index (χ4n) is 5.52. The van der Waals surface area contributed by atoms with Crippen LogP contribution >= 0.6 is 0 Å². The topological polar surface area (TPSA) is 9.23 Å². The quantitative estimate of drug-likeness (QED) is 0.0692. The minimum Gasteiger partial charge on any atom is -0.381 e. The van der Waals surface area contributed by atoms with E-state index in [4.69, 9.17) is 0 Å². The molecule has 0 aliphatic carbocycles. The van der Waals surface area contributed by atoms with Gasteiger partial charge in [0.2, 0.25) is 0 Å². The van der Waals surface area contributed by atoms with Gasteiger partial charge in [0.1, 0.15) is 0 Å². The van der Waals surface area contributed by atoms with Crippen LogP contribution in [-0.2, 0) is 4.74 Å². The van der Waals surface area contributed by atoms with Crippen LogP contribution in [0.15, 0.2) is 0 Å². The minimum atomic E-state index is -7.92. The van der Waals surface area contributed by atoms with Crippen molar-refractivity contribution in [2.75, 3.05) is 13.2 Å². The third kappa shape index (κ3) is 11.9. The van der Waals surface area contributed by atoms with Crippen LogP contribution in [0.5, 0.6) is 0 Å². The van der Waals surface area contributed by atoms with Crippen molar-refractivity contribution in [3.63, 3.8) is 0 Å². The molecule has 0 aromatic rings. The summed E-state index contributed by atoms with van der Waals surface area (Å²) in [5.41, 5.74) is -14.2. The van der Waals surface area contributed by atoms with Crippen LogP contribution in [0, 0.1) is 10.8 Å². The first kappa shape index (κ1) is 57.3. The second-order valence-electron chi connectivity index (χ2n) is 16.8. The van der Waals surface area contributed by atoms with E-state index in [0.717, 1.165) is 0 Å². The molecule has 0 bridgehead atoms. The number of alkyl halides is 24. The minimum absolute atomic E-state index is 0.110. The molecular weight excluding hydrogens is 880 g/mol. The third-order valence-electron chi connectivity index (χ3n) is 9.41. The van der Waals surface area contributed by atoms with Gasteiger partial charge in [0.25, 0.3) is 11.3 Å². The summed E-state index contributed by atoms with van der Waals surface area (Å²) in [4.78, 5) is 0. The van der Waals surface area contributed by atoms with E-state index >= 15 is 0 Å². The highest BCUT2D eigenvalue weighted by molar-refractivity contribution is 5.15. The fourth-order valence-corrected chi connectivity index (χ4v) is 5.52. The smallest absolute Gasteiger partial charge is 0.381 e. The molecule has 1 nitrogen and oxygen atoms in total. The molecule has 0 saturated carbocycles. The predicted octanol–water partition coefficient (Wildman–Crippen LogP) is 15.4. The molecule has 2 atom stereocenters. The van der Waals surface area contributed by atoms with Crippen molar-refractivity contribution >= 4 is 0 Å². The molecule has 0 N–H and O–H groups in total. The molecule has 0 spiro atoms. The third-order valence-corrected chi connectivity index (χ3v) is 9.41. The van der Waals surface area contributed by atoms with E-state index in [1.807, 2.05) is 0 Å². The largest absolute Gasteiger partial charge is 0.428 e. The van der Waals surface area contributed by atoms with Crippen LogP contribution in [0.4, 0.5) is 105 Å². The van der Waals surface area contributed by atoms with Gasteiger partial charge in [-0.15, -0.1) is 0 Å². The van der Waals surface area contributed by atoms with Crippen molar-refractivity contribution in [2.24, 2.45) is 10.8 Å². The summed E-state index contributed by atoms with van der Waals surface area (Å²) in [7, 11) is 0. The van der Waals surface area contributed by atoms with E-state index in [1.165, 1.54) is 0 Å². The van der Waals surface area contributed by atoms with Crippen LogP contribution in [-0.4, -0.2) is 84.3 Å². The lowest BCUT2D eigenvalue weighted by Gasteiger charge is -2.43. The predicted molar refractivity (Wildman–Crippen MR) is 164 cm³/mol. The van der Waals surface area contributed by atoms with Gasteiger partial charge in [0.15, 0.2) is 0 Å². The second kappa shape index (κ2) is 18.2. The Labute approximate surface area is 324 Å². The first-order chi connectivity index (χ1) is 25.6. The van der Waals surface area contributed by atoms with E-state index in [1.54, 1.807) is 41.5 Å².